The number of ether oxygens (including phenoxy) is 2. The molecule has 5 heteroatoms. The molecule has 21 heavy (non-hydrogen) atoms. The van der Waals surface area contributed by atoms with Crippen LogP contribution in [0.25, 0.3) is 0 Å². The van der Waals surface area contributed by atoms with Crippen molar-refractivity contribution in [2.45, 2.75) is 52.7 Å². The summed E-state index contributed by atoms with van der Waals surface area (Å²) >= 11 is 0. The summed E-state index contributed by atoms with van der Waals surface area (Å²) < 4.78 is 10.7. The molecule has 5 nitrogen and oxygen atoms in total. The van der Waals surface area contributed by atoms with Crippen LogP contribution < -0.4 is 15.6 Å². The van der Waals surface area contributed by atoms with Gasteiger partial charge < -0.3 is 9.47 Å². The molecule has 0 aliphatic carbocycles. The second kappa shape index (κ2) is 7.88. The van der Waals surface area contributed by atoms with E-state index in [0.717, 1.165) is 17.7 Å². The number of benzene rings is 1. The zero-order valence-corrected chi connectivity index (χ0v) is 13.5. The van der Waals surface area contributed by atoms with Crippen LogP contribution >= 0.6 is 0 Å². The van der Waals surface area contributed by atoms with E-state index in [1.807, 2.05) is 52.0 Å². The van der Waals surface area contributed by atoms with Gasteiger partial charge in [-0.25, -0.2) is 10.2 Å². The smallest absolute Gasteiger partial charge is 0.422 e. The van der Waals surface area contributed by atoms with Crippen molar-refractivity contribution in [3.05, 3.63) is 29.8 Å². The molecule has 1 unspecified atom stereocenters. The maximum absolute atomic E-state index is 11.6. The van der Waals surface area contributed by atoms with E-state index in [9.17, 15) is 4.79 Å². The molecule has 2 N–H and O–H groups in total. The third-order valence-corrected chi connectivity index (χ3v) is 2.64. The van der Waals surface area contributed by atoms with Crippen LogP contribution in [-0.4, -0.2) is 18.3 Å². The molecule has 0 spiro atoms. The maximum atomic E-state index is 11.6. The van der Waals surface area contributed by atoms with Gasteiger partial charge >= 0.3 is 6.09 Å². The van der Waals surface area contributed by atoms with Gasteiger partial charge in [0, 0.05) is 6.04 Å². The number of hydrogen-bond acceptors (Lipinski definition) is 4. The first kappa shape index (κ1) is 17.3. The van der Waals surface area contributed by atoms with E-state index in [1.165, 1.54) is 0 Å². The lowest BCUT2D eigenvalue weighted by Crippen LogP contribution is -2.42. The van der Waals surface area contributed by atoms with Crippen LogP contribution in [0.15, 0.2) is 24.3 Å². The molecule has 1 aromatic carbocycles. The summed E-state index contributed by atoms with van der Waals surface area (Å²) in [5, 5.41) is 0. The summed E-state index contributed by atoms with van der Waals surface area (Å²) in [6.07, 6.45) is 0.497. The molecule has 1 amide bonds. The summed E-state index contributed by atoms with van der Waals surface area (Å²) in [6.45, 7) is 10.2. The van der Waals surface area contributed by atoms with Crippen molar-refractivity contribution in [2.24, 2.45) is 0 Å². The van der Waals surface area contributed by atoms with E-state index in [2.05, 4.69) is 17.8 Å². The lowest BCUT2D eigenvalue weighted by Gasteiger charge is -2.21. The van der Waals surface area contributed by atoms with Gasteiger partial charge in [-0.1, -0.05) is 19.1 Å². The molecule has 0 aliphatic heterocycles. The molecular weight excluding hydrogens is 268 g/mol. The average Bonchev–Trinajstić information content (AvgIpc) is 2.41. The van der Waals surface area contributed by atoms with Crippen molar-refractivity contribution >= 4 is 6.09 Å². The van der Waals surface area contributed by atoms with Gasteiger partial charge in [0.1, 0.15) is 11.4 Å². The first-order chi connectivity index (χ1) is 9.81. The molecule has 0 bridgehead atoms. The van der Waals surface area contributed by atoms with Crippen molar-refractivity contribution in [3.63, 3.8) is 0 Å². The summed E-state index contributed by atoms with van der Waals surface area (Å²) in [5.41, 5.74) is 6.01. The Morgan fingerprint density at radius 3 is 2.38 bits per heavy atom. The minimum Gasteiger partial charge on any atom is -0.494 e. The van der Waals surface area contributed by atoms with Gasteiger partial charge in [0.25, 0.3) is 0 Å². The highest BCUT2D eigenvalue weighted by molar-refractivity contribution is 5.67. The van der Waals surface area contributed by atoms with E-state index in [1.54, 1.807) is 0 Å². The van der Waals surface area contributed by atoms with E-state index in [4.69, 9.17) is 9.47 Å². The van der Waals surface area contributed by atoms with Crippen LogP contribution in [-0.2, 0) is 4.74 Å². The van der Waals surface area contributed by atoms with Crippen LogP contribution in [0, 0.1) is 0 Å². The van der Waals surface area contributed by atoms with E-state index in [0.29, 0.717) is 6.61 Å². The highest BCUT2D eigenvalue weighted by Gasteiger charge is 2.16. The highest BCUT2D eigenvalue weighted by atomic mass is 16.6. The Kier molecular flexibility index (Phi) is 6.49. The van der Waals surface area contributed by atoms with Crippen LogP contribution in [0.4, 0.5) is 4.79 Å². The number of hydrogen-bond donors (Lipinski definition) is 2. The number of amides is 1. The summed E-state index contributed by atoms with van der Waals surface area (Å²) in [5.74, 6) is 0.855. The molecule has 0 aliphatic rings. The number of carbonyl (C=O) groups is 1. The van der Waals surface area contributed by atoms with Crippen LogP contribution in [0.2, 0.25) is 0 Å². The topological polar surface area (TPSA) is 59.6 Å². The Hall–Kier alpha value is -1.75. The first-order valence-electron chi connectivity index (χ1n) is 7.29. The number of hydrazine groups is 1. The summed E-state index contributed by atoms with van der Waals surface area (Å²) in [6, 6.07) is 7.77. The fourth-order valence-electron chi connectivity index (χ4n) is 1.63. The van der Waals surface area contributed by atoms with Crippen molar-refractivity contribution in [1.29, 1.82) is 0 Å². The van der Waals surface area contributed by atoms with Crippen molar-refractivity contribution in [2.75, 3.05) is 6.61 Å². The van der Waals surface area contributed by atoms with Crippen LogP contribution in [0.1, 0.15) is 52.6 Å². The number of carbonyl (C=O) groups excluding carboxylic acids is 1. The Morgan fingerprint density at radius 2 is 1.86 bits per heavy atom. The molecule has 0 saturated heterocycles. The fraction of sp³-hybridized carbons (Fsp3) is 0.562. The summed E-state index contributed by atoms with van der Waals surface area (Å²) in [7, 11) is 0. The normalized spacial score (nSPS) is 12.6. The van der Waals surface area contributed by atoms with E-state index >= 15 is 0 Å². The lowest BCUT2D eigenvalue weighted by atomic mass is 10.1. The third-order valence-electron chi connectivity index (χ3n) is 2.64. The van der Waals surface area contributed by atoms with Gasteiger partial charge in [-0.15, -0.1) is 0 Å². The standard InChI is InChI=1S/C16H26N2O3/c1-6-11-20-14-9-7-13(8-10-14)12(2)17-18-15(19)21-16(3,4)5/h7-10,12,17H,6,11H2,1-5H3,(H,18,19). The van der Waals surface area contributed by atoms with Gasteiger partial charge in [0.2, 0.25) is 0 Å². The van der Waals surface area contributed by atoms with E-state index in [-0.39, 0.29) is 6.04 Å². The third kappa shape index (κ3) is 6.99. The van der Waals surface area contributed by atoms with Gasteiger partial charge in [-0.05, 0) is 51.8 Å². The van der Waals surface area contributed by atoms with Gasteiger partial charge in [0.15, 0.2) is 0 Å². The Morgan fingerprint density at radius 1 is 1.24 bits per heavy atom. The number of rotatable bonds is 6. The molecule has 1 aromatic rings. The zero-order valence-electron chi connectivity index (χ0n) is 13.5. The molecule has 0 saturated carbocycles. The van der Waals surface area contributed by atoms with Gasteiger partial charge in [0.05, 0.1) is 6.61 Å². The SMILES string of the molecule is CCCOc1ccc(C(C)NNC(=O)OC(C)(C)C)cc1. The zero-order chi connectivity index (χ0) is 15.9. The predicted octanol–water partition coefficient (Wildman–Crippen LogP) is 3.57. The van der Waals surface area contributed by atoms with Crippen LogP contribution in [0.5, 0.6) is 5.75 Å². The predicted molar refractivity (Wildman–Crippen MR) is 83.1 cm³/mol. The van der Waals surface area contributed by atoms with Crippen molar-refractivity contribution in [3.8, 4) is 5.75 Å². The number of nitrogens with one attached hydrogen (secondary N) is 2. The monoisotopic (exact) mass is 294 g/mol. The quantitative estimate of drug-likeness (QED) is 0.788. The average molecular weight is 294 g/mol. The molecule has 0 aromatic heterocycles. The fourth-order valence-corrected chi connectivity index (χ4v) is 1.63. The molecule has 0 fully saturated rings. The summed E-state index contributed by atoms with van der Waals surface area (Å²) in [4.78, 5) is 11.6. The van der Waals surface area contributed by atoms with Gasteiger partial charge in [-0.3, -0.25) is 5.43 Å². The largest absolute Gasteiger partial charge is 0.494 e. The van der Waals surface area contributed by atoms with Crippen LogP contribution in [0.3, 0.4) is 0 Å². The first-order valence-corrected chi connectivity index (χ1v) is 7.29. The molecule has 0 heterocycles. The highest BCUT2D eigenvalue weighted by Crippen LogP contribution is 2.17. The van der Waals surface area contributed by atoms with Crippen molar-refractivity contribution < 1.29 is 14.3 Å². The maximum Gasteiger partial charge on any atom is 0.422 e. The van der Waals surface area contributed by atoms with Crippen molar-refractivity contribution in [1.82, 2.24) is 10.9 Å². The molecule has 1 atom stereocenters. The minimum atomic E-state index is -0.507. The van der Waals surface area contributed by atoms with Gasteiger partial charge in [-0.2, -0.15) is 0 Å². The minimum absolute atomic E-state index is 0.0299. The molecule has 118 valence electrons. The van der Waals surface area contributed by atoms with E-state index < -0.39 is 11.7 Å². The Bertz CT molecular complexity index is 438. The molecular formula is C16H26N2O3. The Balaban J connectivity index is 2.44. The molecule has 1 rings (SSSR count). The second-order valence-corrected chi connectivity index (χ2v) is 5.91. The molecule has 0 radical (unpaired) electrons. The Labute approximate surface area is 127 Å². The lowest BCUT2D eigenvalue weighted by molar-refractivity contribution is 0.0489. The second-order valence-electron chi connectivity index (χ2n) is 5.91.